The molecule has 3 rings (SSSR count). The summed E-state index contributed by atoms with van der Waals surface area (Å²) < 4.78 is 11.5. The molecule has 0 aliphatic heterocycles. The van der Waals surface area contributed by atoms with Gasteiger partial charge in [0.25, 0.3) is 11.6 Å². The van der Waals surface area contributed by atoms with E-state index in [1.807, 2.05) is 5.32 Å². The molecule has 0 aliphatic carbocycles. The fourth-order valence-electron chi connectivity index (χ4n) is 2.70. The fourth-order valence-corrected chi connectivity index (χ4v) is 3.18. The second-order valence-electron chi connectivity index (χ2n) is 6.35. The predicted molar refractivity (Wildman–Crippen MR) is 122 cm³/mol. The fraction of sp³-hybridized carbons (Fsp3) is 0.100. The minimum Gasteiger partial charge on any atom is -0.422 e. The molecule has 0 radical (unpaired) electrons. The van der Waals surface area contributed by atoms with Crippen molar-refractivity contribution in [2.75, 3.05) is 12.4 Å². The maximum Gasteiger partial charge on any atom is 0.326 e. The maximum atomic E-state index is 12.3. The summed E-state index contributed by atoms with van der Waals surface area (Å²) in [6, 6.07) is 7.32. The number of nitro groups is 1. The van der Waals surface area contributed by atoms with Crippen molar-refractivity contribution < 1.29 is 24.0 Å². The van der Waals surface area contributed by atoms with Gasteiger partial charge in [-0.25, -0.2) is 14.8 Å². The van der Waals surface area contributed by atoms with Crippen molar-refractivity contribution in [2.45, 2.75) is 6.61 Å². The van der Waals surface area contributed by atoms with E-state index in [0.29, 0.717) is 10.0 Å². The zero-order valence-corrected chi connectivity index (χ0v) is 19.2. The molecule has 11 nitrogen and oxygen atoms in total. The summed E-state index contributed by atoms with van der Waals surface area (Å²) in [6.45, 7) is 0.0812. The summed E-state index contributed by atoms with van der Waals surface area (Å²) in [5.74, 6) is -0.710. The number of carbonyl (C=O) groups excluding carboxylic acids is 2. The third-order valence-electron chi connectivity index (χ3n) is 4.04. The van der Waals surface area contributed by atoms with Crippen molar-refractivity contribution in [3.63, 3.8) is 0 Å². The number of hydrogen-bond donors (Lipinski definition) is 2. The third-order valence-corrected chi connectivity index (χ3v) is 4.73. The molecular weight excluding hydrogens is 522 g/mol. The Labute approximate surface area is 200 Å². The third kappa shape index (κ3) is 6.22. The number of carbonyl (C=O) groups is 2. The molecule has 3 amide bonds. The first-order valence-electron chi connectivity index (χ1n) is 9.11. The van der Waals surface area contributed by atoms with Crippen LogP contribution < -0.4 is 15.4 Å². The van der Waals surface area contributed by atoms with Crippen molar-refractivity contribution in [1.29, 1.82) is 0 Å². The van der Waals surface area contributed by atoms with Gasteiger partial charge >= 0.3 is 12.0 Å². The highest BCUT2D eigenvalue weighted by atomic mass is 79.9. The van der Waals surface area contributed by atoms with E-state index in [-0.39, 0.29) is 34.6 Å². The van der Waals surface area contributed by atoms with Crippen molar-refractivity contribution in [3.8, 4) is 11.8 Å². The van der Waals surface area contributed by atoms with E-state index in [4.69, 9.17) is 21.1 Å². The maximum absolute atomic E-state index is 12.3. The van der Waals surface area contributed by atoms with Gasteiger partial charge in [0, 0.05) is 36.8 Å². The highest BCUT2D eigenvalue weighted by Crippen LogP contribution is 2.35. The topological polar surface area (TPSA) is 146 Å². The van der Waals surface area contributed by atoms with E-state index >= 15 is 0 Å². The van der Waals surface area contributed by atoms with E-state index in [1.54, 1.807) is 0 Å². The number of halogens is 2. The summed E-state index contributed by atoms with van der Waals surface area (Å²) in [7, 11) is 1.46. The van der Waals surface area contributed by atoms with Crippen molar-refractivity contribution >= 4 is 50.8 Å². The van der Waals surface area contributed by atoms with Crippen LogP contribution in [0.5, 0.6) is 11.8 Å². The molecule has 3 aromatic rings. The Bertz CT molecular complexity index is 1210. The first-order valence-corrected chi connectivity index (χ1v) is 10.3. The van der Waals surface area contributed by atoms with Crippen LogP contribution >= 0.6 is 27.5 Å². The number of rotatable bonds is 7. The average molecular weight is 537 g/mol. The molecule has 0 aliphatic rings. The Morgan fingerprint density at radius 2 is 1.91 bits per heavy atom. The van der Waals surface area contributed by atoms with Crippen LogP contribution in [0.1, 0.15) is 15.9 Å². The van der Waals surface area contributed by atoms with Crippen LogP contribution in [0.2, 0.25) is 5.02 Å². The van der Waals surface area contributed by atoms with Crippen molar-refractivity contribution in [1.82, 2.24) is 15.3 Å². The summed E-state index contributed by atoms with van der Waals surface area (Å²) in [5, 5.41) is 15.7. The number of anilines is 1. The Balaban J connectivity index is 1.78. The largest absolute Gasteiger partial charge is 0.422 e. The number of urea groups is 1. The second kappa shape index (κ2) is 10.8. The number of aromatic nitrogens is 2. The number of nitro benzene ring substituents is 1. The van der Waals surface area contributed by atoms with Gasteiger partial charge in [-0.1, -0.05) is 23.7 Å². The van der Waals surface area contributed by atoms with Gasteiger partial charge in [0.15, 0.2) is 5.75 Å². The van der Waals surface area contributed by atoms with Gasteiger partial charge in [-0.05, 0) is 34.1 Å². The van der Waals surface area contributed by atoms with Gasteiger partial charge in [0.05, 0.1) is 21.0 Å². The van der Waals surface area contributed by atoms with Crippen LogP contribution in [0.15, 0.2) is 53.3 Å². The van der Waals surface area contributed by atoms with Gasteiger partial charge in [-0.15, -0.1) is 0 Å². The SMILES string of the molecule is COCc1cc(NC(=O)NC(=O)c2ccccc2[N+](=O)[O-])cc(Cl)c1Oc1ncc(Br)cn1. The van der Waals surface area contributed by atoms with Gasteiger partial charge < -0.3 is 14.8 Å². The lowest BCUT2D eigenvalue weighted by Gasteiger charge is -2.14. The minimum absolute atomic E-state index is 0.0472. The first-order chi connectivity index (χ1) is 15.8. The summed E-state index contributed by atoms with van der Waals surface area (Å²) >= 11 is 9.56. The number of benzene rings is 2. The van der Waals surface area contributed by atoms with Crippen LogP contribution in [0.4, 0.5) is 16.2 Å². The Kier molecular flexibility index (Phi) is 7.87. The highest BCUT2D eigenvalue weighted by Gasteiger charge is 2.21. The number of nitrogens with one attached hydrogen (secondary N) is 2. The molecule has 0 saturated carbocycles. The Morgan fingerprint density at radius 3 is 2.58 bits per heavy atom. The molecule has 2 aromatic carbocycles. The zero-order valence-electron chi connectivity index (χ0n) is 16.9. The normalized spacial score (nSPS) is 10.4. The van der Waals surface area contributed by atoms with E-state index in [0.717, 1.165) is 6.07 Å². The van der Waals surface area contributed by atoms with E-state index in [1.165, 1.54) is 49.8 Å². The number of nitrogens with zero attached hydrogens (tertiary/aromatic N) is 3. The lowest BCUT2D eigenvalue weighted by atomic mass is 10.1. The summed E-state index contributed by atoms with van der Waals surface area (Å²) in [6.07, 6.45) is 3.00. The summed E-state index contributed by atoms with van der Waals surface area (Å²) in [4.78, 5) is 43.1. The zero-order chi connectivity index (χ0) is 24.0. The van der Waals surface area contributed by atoms with Gasteiger partial charge in [0.2, 0.25) is 0 Å². The molecule has 170 valence electrons. The Morgan fingerprint density at radius 1 is 1.21 bits per heavy atom. The molecule has 0 spiro atoms. The van der Waals surface area contributed by atoms with Crippen LogP contribution in [-0.4, -0.2) is 33.9 Å². The molecule has 1 heterocycles. The monoisotopic (exact) mass is 535 g/mol. The number of para-hydroxylation sites is 1. The molecule has 0 fully saturated rings. The number of ether oxygens (including phenoxy) is 2. The molecule has 0 atom stereocenters. The van der Waals surface area contributed by atoms with E-state index in [9.17, 15) is 19.7 Å². The highest BCUT2D eigenvalue weighted by molar-refractivity contribution is 9.10. The predicted octanol–water partition coefficient (Wildman–Crippen LogP) is 4.70. The standard InChI is InChI=1S/C20H15BrClN5O6/c1-32-10-11-6-13(7-15(22)17(11)33-20-23-8-12(21)9-24-20)25-19(29)26-18(28)14-4-2-3-5-16(14)27(30)31/h2-9H,10H2,1H3,(H2,25,26,28,29). The number of imide groups is 1. The van der Waals surface area contributed by atoms with Gasteiger partial charge in [0.1, 0.15) is 5.56 Å². The molecule has 0 saturated heterocycles. The number of amides is 3. The first kappa shape index (κ1) is 24.0. The quantitative estimate of drug-likeness (QED) is 0.326. The van der Waals surface area contributed by atoms with E-state index < -0.39 is 22.5 Å². The van der Waals surface area contributed by atoms with Gasteiger partial charge in [-0.3, -0.25) is 20.2 Å². The molecule has 1 aromatic heterocycles. The summed E-state index contributed by atoms with van der Waals surface area (Å²) in [5.41, 5.74) is 0.0136. The number of methoxy groups -OCH3 is 1. The van der Waals surface area contributed by atoms with Crippen LogP contribution in [-0.2, 0) is 11.3 Å². The Hall–Kier alpha value is -3.61. The molecule has 0 bridgehead atoms. The van der Waals surface area contributed by atoms with Crippen LogP contribution in [0.25, 0.3) is 0 Å². The molecular formula is C20H15BrClN5O6. The van der Waals surface area contributed by atoms with Crippen LogP contribution in [0, 0.1) is 10.1 Å². The van der Waals surface area contributed by atoms with Crippen molar-refractivity contribution in [2.24, 2.45) is 0 Å². The van der Waals surface area contributed by atoms with Crippen LogP contribution in [0.3, 0.4) is 0 Å². The smallest absolute Gasteiger partial charge is 0.326 e. The molecule has 13 heteroatoms. The van der Waals surface area contributed by atoms with E-state index in [2.05, 4.69) is 31.2 Å². The lowest BCUT2D eigenvalue weighted by molar-refractivity contribution is -0.385. The minimum atomic E-state index is -0.935. The lowest BCUT2D eigenvalue weighted by Crippen LogP contribution is -2.34. The van der Waals surface area contributed by atoms with Crippen molar-refractivity contribution in [3.05, 3.63) is 79.5 Å². The average Bonchev–Trinajstić information content (AvgIpc) is 2.77. The van der Waals surface area contributed by atoms with Gasteiger partial charge in [-0.2, -0.15) is 0 Å². The molecule has 0 unspecified atom stereocenters. The molecule has 2 N–H and O–H groups in total. The second-order valence-corrected chi connectivity index (χ2v) is 7.67. The number of hydrogen-bond acceptors (Lipinski definition) is 8. The molecule has 33 heavy (non-hydrogen) atoms.